The topological polar surface area (TPSA) is 44.0 Å². The van der Waals surface area contributed by atoms with Crippen molar-refractivity contribution in [3.05, 3.63) is 0 Å². The minimum Gasteiger partial charge on any atom is -0.378 e. The van der Waals surface area contributed by atoms with Crippen LogP contribution in [-0.4, -0.2) is 28.6 Å². The molecule has 0 rings (SSSR count). The Hall–Kier alpha value is -0.110. The molecule has 0 aromatic rings. The van der Waals surface area contributed by atoms with E-state index in [1.165, 1.54) is 0 Å². The highest BCUT2D eigenvalue weighted by molar-refractivity contribution is 7.98. The van der Waals surface area contributed by atoms with E-state index in [1.54, 1.807) is 23.2 Å². The third-order valence-electron chi connectivity index (χ3n) is 1.02. The molecule has 1 atom stereocenters. The summed E-state index contributed by atoms with van der Waals surface area (Å²) in [6.45, 7) is 4.12. The van der Waals surface area contributed by atoms with Crippen molar-refractivity contribution in [2.45, 2.75) is 26.4 Å². The van der Waals surface area contributed by atoms with Gasteiger partial charge in [-0.1, -0.05) is 26.1 Å². The van der Waals surface area contributed by atoms with Gasteiger partial charge in [0.1, 0.15) is 6.10 Å². The lowest BCUT2D eigenvalue weighted by molar-refractivity contribution is 0.227. The fourth-order valence-corrected chi connectivity index (χ4v) is 0.753. The van der Waals surface area contributed by atoms with Crippen LogP contribution < -0.4 is 0 Å². The fraction of sp³-hybridized carbons (Fsp3) is 0.778. The van der Waals surface area contributed by atoms with Gasteiger partial charge in [-0.2, -0.15) is 17.0 Å². The smallest absolute Gasteiger partial charge is 0.141 e. The Bertz CT molecular complexity index is 154. The SMILES string of the molecule is CC(C)C=S.CSCCC(O)C#N. The van der Waals surface area contributed by atoms with Crippen molar-refractivity contribution >= 4 is 29.3 Å². The molecule has 0 aliphatic carbocycles. The van der Waals surface area contributed by atoms with Crippen LogP contribution in [0.3, 0.4) is 0 Å². The molecule has 1 N–H and O–H groups in total. The number of nitriles is 1. The average molecular weight is 219 g/mol. The summed E-state index contributed by atoms with van der Waals surface area (Å²) in [7, 11) is 0. The van der Waals surface area contributed by atoms with Crippen LogP contribution in [0.1, 0.15) is 20.3 Å². The Morgan fingerprint density at radius 1 is 1.62 bits per heavy atom. The second kappa shape index (κ2) is 11.9. The maximum absolute atomic E-state index is 8.61. The van der Waals surface area contributed by atoms with Crippen molar-refractivity contribution in [3.63, 3.8) is 0 Å². The summed E-state index contributed by atoms with van der Waals surface area (Å²) in [5.74, 6) is 1.43. The van der Waals surface area contributed by atoms with Crippen LogP contribution in [0.25, 0.3) is 0 Å². The summed E-state index contributed by atoms with van der Waals surface area (Å²) in [4.78, 5) is 0. The van der Waals surface area contributed by atoms with Gasteiger partial charge in [-0.25, -0.2) is 0 Å². The molecule has 0 aliphatic heterocycles. The van der Waals surface area contributed by atoms with Crippen LogP contribution in [0, 0.1) is 17.2 Å². The molecule has 0 heterocycles. The number of aliphatic hydroxyl groups excluding tert-OH is 1. The van der Waals surface area contributed by atoms with Crippen LogP contribution in [-0.2, 0) is 0 Å². The normalized spacial score (nSPS) is 11.1. The van der Waals surface area contributed by atoms with E-state index in [0.29, 0.717) is 12.3 Å². The maximum atomic E-state index is 8.61. The average Bonchev–Trinajstić information content (AvgIpc) is 2.15. The van der Waals surface area contributed by atoms with Gasteiger partial charge in [0.05, 0.1) is 6.07 Å². The Labute approximate surface area is 90.3 Å². The van der Waals surface area contributed by atoms with Gasteiger partial charge < -0.3 is 5.11 Å². The quantitative estimate of drug-likeness (QED) is 0.582. The molecule has 0 radical (unpaired) electrons. The van der Waals surface area contributed by atoms with E-state index in [1.807, 2.05) is 6.26 Å². The summed E-state index contributed by atoms with van der Waals surface area (Å²) >= 11 is 6.19. The zero-order chi connectivity index (χ0) is 10.7. The number of hydrogen-bond donors (Lipinski definition) is 1. The zero-order valence-electron chi connectivity index (χ0n) is 8.36. The van der Waals surface area contributed by atoms with Crippen LogP contribution in [0.2, 0.25) is 0 Å². The van der Waals surface area contributed by atoms with Crippen LogP contribution >= 0.6 is 24.0 Å². The first kappa shape index (κ1) is 15.4. The van der Waals surface area contributed by atoms with E-state index in [0.717, 1.165) is 5.75 Å². The van der Waals surface area contributed by atoms with Crippen LogP contribution in [0.4, 0.5) is 0 Å². The molecule has 0 aliphatic rings. The third-order valence-corrected chi connectivity index (χ3v) is 2.20. The maximum Gasteiger partial charge on any atom is 0.141 e. The molecule has 1 unspecified atom stereocenters. The first-order valence-electron chi connectivity index (χ1n) is 4.10. The third kappa shape index (κ3) is 18.7. The molecule has 0 saturated heterocycles. The zero-order valence-corrected chi connectivity index (χ0v) is 9.99. The summed E-state index contributed by atoms with van der Waals surface area (Å²) in [5.41, 5.74) is 0. The number of nitrogens with zero attached hydrogens (tertiary/aromatic N) is 1. The molecule has 0 spiro atoms. The summed E-state index contributed by atoms with van der Waals surface area (Å²) < 4.78 is 0. The molecule has 0 fully saturated rings. The monoisotopic (exact) mass is 219 g/mol. The van der Waals surface area contributed by atoms with Gasteiger partial charge in [0, 0.05) is 0 Å². The van der Waals surface area contributed by atoms with Crippen molar-refractivity contribution in [3.8, 4) is 6.07 Å². The molecule has 0 bridgehead atoms. The van der Waals surface area contributed by atoms with E-state index < -0.39 is 6.10 Å². The molecular weight excluding hydrogens is 202 g/mol. The summed E-state index contributed by atoms with van der Waals surface area (Å²) in [5, 5.41) is 18.4. The van der Waals surface area contributed by atoms with E-state index in [-0.39, 0.29) is 0 Å². The van der Waals surface area contributed by atoms with E-state index >= 15 is 0 Å². The second-order valence-electron chi connectivity index (χ2n) is 2.81. The molecule has 0 aromatic carbocycles. The van der Waals surface area contributed by atoms with Crippen molar-refractivity contribution in [2.24, 2.45) is 5.92 Å². The highest BCUT2D eigenvalue weighted by atomic mass is 32.2. The predicted octanol–water partition coefficient (Wildman–Crippen LogP) is 2.27. The number of thioether (sulfide) groups is 1. The van der Waals surface area contributed by atoms with Crippen LogP contribution in [0.15, 0.2) is 0 Å². The van der Waals surface area contributed by atoms with Gasteiger partial charge in [0.15, 0.2) is 0 Å². The Morgan fingerprint density at radius 3 is 2.31 bits per heavy atom. The predicted molar refractivity (Wildman–Crippen MR) is 63.1 cm³/mol. The lowest BCUT2D eigenvalue weighted by Gasteiger charge is -1.95. The van der Waals surface area contributed by atoms with Gasteiger partial charge in [-0.15, -0.1) is 0 Å². The van der Waals surface area contributed by atoms with Gasteiger partial charge in [-0.3, -0.25) is 0 Å². The number of aliphatic hydroxyl groups is 1. The Morgan fingerprint density at radius 2 is 2.08 bits per heavy atom. The second-order valence-corrected chi connectivity index (χ2v) is 4.06. The fourth-order valence-electron chi connectivity index (χ4n) is 0.294. The number of hydrogen-bond acceptors (Lipinski definition) is 4. The first-order valence-corrected chi connectivity index (χ1v) is 5.96. The molecule has 0 aromatic heterocycles. The minimum absolute atomic E-state index is 0.574. The van der Waals surface area contributed by atoms with Crippen molar-refractivity contribution in [2.75, 3.05) is 12.0 Å². The van der Waals surface area contributed by atoms with Gasteiger partial charge >= 0.3 is 0 Å². The van der Waals surface area contributed by atoms with E-state index in [2.05, 4.69) is 26.1 Å². The van der Waals surface area contributed by atoms with Crippen LogP contribution in [0.5, 0.6) is 0 Å². The Balaban J connectivity index is 0. The summed E-state index contributed by atoms with van der Waals surface area (Å²) in [6.07, 6.45) is 1.77. The highest BCUT2D eigenvalue weighted by Crippen LogP contribution is 1.98. The molecule has 0 amide bonds. The number of thiocarbonyl (C=S) groups is 1. The minimum atomic E-state index is -0.762. The molecular formula is C9H17NOS2. The van der Waals surface area contributed by atoms with Crippen molar-refractivity contribution in [1.82, 2.24) is 0 Å². The van der Waals surface area contributed by atoms with Crippen molar-refractivity contribution in [1.29, 1.82) is 5.26 Å². The largest absolute Gasteiger partial charge is 0.378 e. The molecule has 2 nitrogen and oxygen atoms in total. The standard InChI is InChI=1S/C5H9NOS.C4H8S/c1-8-3-2-5(7)4-6;1-4(2)3-5/h5,7H,2-3H2,1H3;3-4H,1-2H3. The molecule has 76 valence electrons. The summed E-state index contributed by atoms with van der Waals surface area (Å²) in [6, 6.07) is 1.74. The van der Waals surface area contributed by atoms with Gasteiger partial charge in [0.2, 0.25) is 0 Å². The lowest BCUT2D eigenvalue weighted by Crippen LogP contribution is -2.02. The van der Waals surface area contributed by atoms with Gasteiger partial charge in [-0.05, 0) is 29.7 Å². The lowest BCUT2D eigenvalue weighted by atomic mass is 10.3. The molecule has 13 heavy (non-hydrogen) atoms. The van der Waals surface area contributed by atoms with Gasteiger partial charge in [0.25, 0.3) is 0 Å². The highest BCUT2D eigenvalue weighted by Gasteiger charge is 1.97. The molecule has 0 saturated carbocycles. The van der Waals surface area contributed by atoms with E-state index in [4.69, 9.17) is 10.4 Å². The molecule has 4 heteroatoms. The van der Waals surface area contributed by atoms with E-state index in [9.17, 15) is 0 Å². The number of rotatable bonds is 4. The van der Waals surface area contributed by atoms with Crippen molar-refractivity contribution < 1.29 is 5.11 Å². The first-order chi connectivity index (χ1) is 6.08. The Kier molecular flexibility index (Phi) is 14.1.